The Labute approximate surface area is 790 Å². The van der Waals surface area contributed by atoms with Crippen LogP contribution in [0.1, 0.15) is 69.1 Å². The van der Waals surface area contributed by atoms with Crippen LogP contribution in [0.3, 0.4) is 0 Å². The van der Waals surface area contributed by atoms with Crippen molar-refractivity contribution in [3.63, 3.8) is 0 Å². The summed E-state index contributed by atoms with van der Waals surface area (Å²) < 4.78 is 36.3. The number of amides is 2. The predicted molar refractivity (Wildman–Crippen MR) is 564 cm³/mol. The average Bonchev–Trinajstić information content (AvgIpc) is 1.61. The van der Waals surface area contributed by atoms with Crippen LogP contribution in [0.15, 0.2) is 359 Å². The summed E-state index contributed by atoms with van der Waals surface area (Å²) in [6, 6.07) is 62.2. The van der Waals surface area contributed by atoms with Crippen molar-refractivity contribution < 1.29 is 123 Å². The smallest absolute Gasteiger partial charge is 0.257 e. The number of halogens is 4. The van der Waals surface area contributed by atoms with Gasteiger partial charge in [-0.3, -0.25) is 23.4 Å². The molecule has 0 fully saturated rings. The van der Waals surface area contributed by atoms with Gasteiger partial charge in [-0.15, -0.1) is 51.1 Å². The Morgan fingerprint density at radius 2 is 0.580 bits per heavy atom. The summed E-state index contributed by atoms with van der Waals surface area (Å²) >= 11 is 4.64. The van der Waals surface area contributed by atoms with E-state index in [9.17, 15) is 22.8 Å². The number of aliphatic hydroxyl groups excluding tert-OH is 1. The number of aryl methyl sites for hydroxylation is 3. The summed E-state index contributed by atoms with van der Waals surface area (Å²) in [6.45, 7) is 48.2. The molecule has 0 atom stereocenters. The minimum absolute atomic E-state index is 0. The molecule has 2 amide bonds. The van der Waals surface area contributed by atoms with E-state index in [4.69, 9.17) is 23.9 Å². The van der Waals surface area contributed by atoms with Gasteiger partial charge in [0.05, 0.1) is 65.2 Å². The van der Waals surface area contributed by atoms with Crippen LogP contribution in [0.5, 0.6) is 0 Å². The molecule has 5 aromatic carbocycles. The van der Waals surface area contributed by atoms with Gasteiger partial charge >= 0.3 is 0 Å². The second-order valence-electron chi connectivity index (χ2n) is 16.5. The first kappa shape index (κ1) is 240. The van der Waals surface area contributed by atoms with Crippen molar-refractivity contribution in [3.8, 4) is 0 Å². The van der Waals surface area contributed by atoms with Gasteiger partial charge in [-0.25, -0.2) is 4.39 Å². The molecule has 0 radical (unpaired) electrons. The second kappa shape index (κ2) is 240. The molecule has 43 heteroatoms. The highest BCUT2D eigenvalue weighted by atomic mass is 35.5. The van der Waals surface area contributed by atoms with Gasteiger partial charge in [-0.2, -0.15) is 0 Å². The topological polar surface area (TPSA) is 887 Å². The fourth-order valence-corrected chi connectivity index (χ4v) is 5.33. The fourth-order valence-electron chi connectivity index (χ4n) is 5.33. The Hall–Kier alpha value is -13.1. The third-order valence-electron chi connectivity index (χ3n) is 9.54. The van der Waals surface area contributed by atoms with E-state index in [0.717, 1.165) is 54.9 Å². The van der Waals surface area contributed by atoms with Gasteiger partial charge in [0.15, 0.2) is 5.83 Å². The fraction of sp³-hybridized carbons (Fsp3) is 0.250. The molecule has 12 rings (SSSR count). The lowest BCUT2D eigenvalue weighted by molar-refractivity contribution is -0.117. The number of nitrogens with two attached hydrogens (primary N) is 3. The highest BCUT2D eigenvalue weighted by Crippen LogP contribution is 2.06. The van der Waals surface area contributed by atoms with Gasteiger partial charge < -0.3 is 195 Å². The van der Waals surface area contributed by atoms with Crippen LogP contribution < -0.4 is 94.1 Å². The van der Waals surface area contributed by atoms with Crippen LogP contribution in [0.2, 0.25) is 0 Å². The van der Waals surface area contributed by atoms with Crippen LogP contribution in [0.25, 0.3) is 0 Å². The number of alkyl halides is 3. The Kier molecular flexibility index (Phi) is 440. The third-order valence-corrected chi connectivity index (χ3v) is 9.54. The molecule has 39 nitrogen and oxygen atoms in total. The molecule has 0 unspecified atom stereocenters. The number of nitrogens with zero attached hydrogens (tertiary/aromatic N) is 1. The van der Waals surface area contributed by atoms with Gasteiger partial charge in [0.2, 0.25) is 5.91 Å². The van der Waals surface area contributed by atoms with Crippen molar-refractivity contribution >= 4 is 50.0 Å². The predicted octanol–water partition coefficient (Wildman–Crippen LogP) is 6.35. The van der Waals surface area contributed by atoms with Crippen molar-refractivity contribution in [3.05, 3.63) is 367 Å². The molecule has 0 saturated carbocycles. The van der Waals surface area contributed by atoms with Crippen molar-refractivity contribution in [1.29, 1.82) is 0 Å². The van der Waals surface area contributed by atoms with Gasteiger partial charge in [-0.05, 0) is 90.9 Å². The highest BCUT2D eigenvalue weighted by molar-refractivity contribution is 6.15. The van der Waals surface area contributed by atoms with Crippen molar-refractivity contribution in [2.24, 2.45) is 22.2 Å². The number of aliphatic imine (C=N–C) groups is 1. The second-order valence-corrected chi connectivity index (χ2v) is 16.5. The number of nitrogens with one attached hydrogen (secondary N) is 11. The molecule has 7 heterocycles. The number of carbonyl (C=O) groups excluding carboxylic acids is 5. The first-order valence-electron chi connectivity index (χ1n) is 31.5. The van der Waals surface area contributed by atoms with Crippen LogP contribution >= 0.6 is 11.6 Å². The number of rotatable bonds is 0. The summed E-state index contributed by atoms with van der Waals surface area (Å²) in [5.41, 5.74) is 18.3. The number of aliphatic hydroxyl groups is 1. The van der Waals surface area contributed by atoms with E-state index in [2.05, 4.69) is 177 Å². The molecule has 0 spiro atoms. The SMILES string of the molecule is C.C.C.C.C.C.C.C=C.C=C.C=C.C=C1C=CNCN1.C=C1C=CNCN1.C=C1C=CNCN1.C=C1NCNC=C1F.C=O.C=O.C=O.CCl.CF.CF.CN.CN.CN.Cc1ccc(C)o1.Cc1ccccc1.N.N.N.O.O.O.O.O.O.O.O.O.O.O.O.O.O.O=C1C=CNCN1.O=C1NCN=CC1=CO.c1ccccc1.c1ccccc1.c1ccccc1.c1ccccc1. The molecular weight excluding hydrogens is 1740 g/mol. The van der Waals surface area contributed by atoms with E-state index >= 15 is 0 Å². The summed E-state index contributed by atoms with van der Waals surface area (Å²) in [5, 5.41) is 39.3. The first-order valence-corrected chi connectivity index (χ1v) is 32.2. The van der Waals surface area contributed by atoms with E-state index in [1.807, 2.05) is 247 Å². The molecule has 0 aliphatic carbocycles. The van der Waals surface area contributed by atoms with Crippen LogP contribution in [0, 0.1) is 20.8 Å². The largest absolute Gasteiger partial charge is 0.515 e. The molecule has 6 aliphatic rings. The molecular formula is C88H190ClF3N18O21. The zero-order valence-corrected chi connectivity index (χ0v) is 74.1. The molecule has 0 saturated heterocycles. The minimum Gasteiger partial charge on any atom is -0.515 e. The standard InChI is InChI=1S/C7H8.C6H8O.4C6H6.C5H7FN2.C5H6N2O2.3C5H8N2.C4H6N2O.3C2H4.CH3Cl.2CH3F.3CH5N.3CH2O.7CH4.3H3N.14H2O/c1-7-5-3-2-4-6-7;1-5-3-4-6(2)7-5;4*1-2-4-6-5-3-1;1-4-5(6)2-7-3-8-4;8-2-4-1-6-3-7-5(4)9;3*1-5-2-3-6-4-7-5;7-4-1-2-5-3-6-4;12*1-2;;;;;;;;;;;;;;;;;;;;;;;;/h2-6H,1H3;3-4H,1-2H3;4*1-6H;2,7-8H,1,3H2;1-2,8H,3H2,(H,7,9);3*2-3,6-7H,1,4H2;1-2,5H,3H2,(H,6,7);3*1-2H2;3*1H3;3*2H2,1H3;3*1H2;7*1H4;3*1H3;14*1H2. The number of furan rings is 1. The highest BCUT2D eigenvalue weighted by Gasteiger charge is 2.08. The van der Waals surface area contributed by atoms with Crippen LogP contribution in [0.4, 0.5) is 13.2 Å². The molecule has 131 heavy (non-hydrogen) atoms. The lowest BCUT2D eigenvalue weighted by Crippen LogP contribution is -2.33. The van der Waals surface area contributed by atoms with Crippen molar-refractivity contribution in [2.45, 2.75) is 72.8 Å². The number of hydrogen-bond acceptors (Lipinski definition) is 23. The maximum Gasteiger partial charge on any atom is 0.257 e. The van der Waals surface area contributed by atoms with E-state index in [-0.39, 0.29) is 170 Å². The lowest BCUT2D eigenvalue weighted by Gasteiger charge is -2.12. The van der Waals surface area contributed by atoms with E-state index in [1.165, 1.54) is 51.6 Å². The Morgan fingerprint density at radius 1 is 0.366 bits per heavy atom. The van der Waals surface area contributed by atoms with E-state index < -0.39 is 0 Å². The van der Waals surface area contributed by atoms with Gasteiger partial charge in [0, 0.05) is 48.2 Å². The first-order chi connectivity index (χ1) is 52.4. The summed E-state index contributed by atoms with van der Waals surface area (Å²) in [5.74, 6) is 1.33. The van der Waals surface area contributed by atoms with E-state index in [0.29, 0.717) is 40.1 Å². The quantitative estimate of drug-likeness (QED) is 0.0341. The number of benzene rings is 5. The number of carbonyl (C=O) groups is 5. The summed E-state index contributed by atoms with van der Waals surface area (Å²) in [4.78, 5) is 48.5. The zero-order chi connectivity index (χ0) is 84.5. The lowest BCUT2D eigenvalue weighted by atomic mass is 10.2. The number of allylic oxidation sites excluding steroid dienone is 4. The number of hydrogen-bond donors (Lipinski definition) is 18. The Bertz CT molecular complexity index is 2670. The molecule has 6 aromatic rings. The van der Waals surface area contributed by atoms with Gasteiger partial charge in [-0.1, -0.05) is 260 Å². The van der Waals surface area contributed by atoms with Crippen LogP contribution in [-0.4, -0.2) is 202 Å². The zero-order valence-electron chi connectivity index (χ0n) is 73.4. The van der Waals surface area contributed by atoms with Gasteiger partial charge in [0.25, 0.3) is 5.91 Å². The normalized spacial score (nSPS) is 9.40. The van der Waals surface area contributed by atoms with E-state index in [1.54, 1.807) is 6.20 Å². The molecule has 55 N–H and O–H groups in total. The average molecular weight is 1930 g/mol. The summed E-state index contributed by atoms with van der Waals surface area (Å²) in [6.07, 6.45) is 19.2. The van der Waals surface area contributed by atoms with Gasteiger partial charge in [0.1, 0.15) is 38.6 Å². The third kappa shape index (κ3) is 219. The maximum absolute atomic E-state index is 12.2. The molecule has 0 bridgehead atoms. The molecule has 1 aromatic heterocycles. The molecule has 6 aliphatic heterocycles. The minimum atomic E-state index is -0.323. The maximum atomic E-state index is 12.2. The molecule has 786 valence electrons. The van der Waals surface area contributed by atoms with Crippen molar-refractivity contribution in [1.82, 2.24) is 76.9 Å². The Morgan fingerprint density at radius 3 is 0.687 bits per heavy atom. The Balaban J connectivity index is -0.0000000213. The monoisotopic (exact) mass is 1930 g/mol. The van der Waals surface area contributed by atoms with Crippen molar-refractivity contribution in [2.75, 3.05) is 81.9 Å². The van der Waals surface area contributed by atoms with Crippen LogP contribution in [-0.2, 0) is 24.0 Å². The summed E-state index contributed by atoms with van der Waals surface area (Å²) in [7, 11) is 5.50.